The third kappa shape index (κ3) is 1.87. The molecule has 1 aliphatic carbocycles. The highest BCUT2D eigenvalue weighted by atomic mass is 32.1. The van der Waals surface area contributed by atoms with Crippen molar-refractivity contribution in [3.63, 3.8) is 0 Å². The smallest absolute Gasteiger partial charge is 0.0658 e. The molecule has 1 saturated carbocycles. The molecule has 0 aromatic carbocycles. The van der Waals surface area contributed by atoms with Gasteiger partial charge in [-0.2, -0.15) is 12.6 Å². The van der Waals surface area contributed by atoms with Gasteiger partial charge in [-0.3, -0.25) is 0 Å². The molecule has 1 N–H and O–H groups in total. The zero-order valence-corrected chi connectivity index (χ0v) is 6.64. The number of thiol groups is 1. The lowest BCUT2D eigenvalue weighted by molar-refractivity contribution is 0.113. The molecule has 0 spiro atoms. The van der Waals surface area contributed by atoms with Crippen molar-refractivity contribution < 1.29 is 5.11 Å². The van der Waals surface area contributed by atoms with E-state index in [1.165, 1.54) is 6.42 Å². The fourth-order valence-corrected chi connectivity index (χ4v) is 1.61. The van der Waals surface area contributed by atoms with Crippen LogP contribution in [0.4, 0.5) is 0 Å². The average molecular weight is 146 g/mol. The maximum absolute atomic E-state index is 9.27. The quantitative estimate of drug-likeness (QED) is 0.496. The first kappa shape index (κ1) is 7.42. The third-order valence-electron chi connectivity index (χ3n) is 2.04. The summed E-state index contributed by atoms with van der Waals surface area (Å²) in [5, 5.41) is 9.51. The molecule has 1 unspecified atom stereocenters. The maximum Gasteiger partial charge on any atom is 0.0658 e. The lowest BCUT2D eigenvalue weighted by Gasteiger charge is -2.27. The fourth-order valence-electron chi connectivity index (χ4n) is 1.33. The monoisotopic (exact) mass is 146 g/mol. The van der Waals surface area contributed by atoms with Crippen LogP contribution >= 0.6 is 12.6 Å². The molecule has 0 saturated heterocycles. The Balaban J connectivity index is 2.35. The molecule has 0 aromatic heterocycles. The van der Waals surface area contributed by atoms with Crippen LogP contribution in [0.15, 0.2) is 0 Å². The predicted octanol–water partition coefficient (Wildman–Crippen LogP) is 1.47. The minimum absolute atomic E-state index is 0.155. The van der Waals surface area contributed by atoms with Crippen molar-refractivity contribution in [3.8, 4) is 0 Å². The third-order valence-corrected chi connectivity index (χ3v) is 2.65. The molecule has 0 aliphatic heterocycles. The summed E-state index contributed by atoms with van der Waals surface area (Å²) >= 11 is 4.25. The lowest BCUT2D eigenvalue weighted by Crippen LogP contribution is -2.28. The first-order valence-electron chi connectivity index (χ1n) is 3.56. The van der Waals surface area contributed by atoms with Gasteiger partial charge < -0.3 is 5.11 Å². The highest BCUT2D eigenvalue weighted by Gasteiger charge is 2.23. The molecule has 0 bridgehead atoms. The summed E-state index contributed by atoms with van der Waals surface area (Å²) in [4.78, 5) is 0. The van der Waals surface area contributed by atoms with Gasteiger partial charge in [0.15, 0.2) is 0 Å². The number of hydrogen-bond acceptors (Lipinski definition) is 2. The Hall–Kier alpha value is 0.310. The van der Waals surface area contributed by atoms with E-state index in [1.54, 1.807) is 0 Å². The molecule has 1 rings (SSSR count). The molecule has 1 aliphatic rings. The van der Waals surface area contributed by atoms with Crippen molar-refractivity contribution in [2.75, 3.05) is 0 Å². The molecular formula is C7H14OS. The average Bonchev–Trinajstić information content (AvgIpc) is 1.80. The van der Waals surface area contributed by atoms with Gasteiger partial charge in [-0.05, 0) is 25.2 Å². The Kier molecular flexibility index (Phi) is 2.42. The predicted molar refractivity (Wildman–Crippen MR) is 41.8 cm³/mol. The normalized spacial score (nSPS) is 45.0. The van der Waals surface area contributed by atoms with Gasteiger partial charge in [0.2, 0.25) is 0 Å². The van der Waals surface area contributed by atoms with Crippen molar-refractivity contribution in [2.45, 2.75) is 37.5 Å². The molecule has 3 atom stereocenters. The summed E-state index contributed by atoms with van der Waals surface area (Å²) in [5.41, 5.74) is 0. The zero-order chi connectivity index (χ0) is 6.85. The van der Waals surface area contributed by atoms with E-state index in [0.717, 1.165) is 12.8 Å². The van der Waals surface area contributed by atoms with E-state index >= 15 is 0 Å². The second-order valence-corrected chi connectivity index (χ2v) is 3.72. The standard InChI is InChI=1S/C7H14OS/c1-5-2-3-7(9)6(8)4-5/h5-9H,2-4H2,1H3/t5-,6-,7?/m1/s1. The molecule has 1 nitrogen and oxygen atoms in total. The van der Waals surface area contributed by atoms with E-state index in [9.17, 15) is 5.11 Å². The van der Waals surface area contributed by atoms with Crippen molar-refractivity contribution in [3.05, 3.63) is 0 Å². The van der Waals surface area contributed by atoms with Gasteiger partial charge in [-0.25, -0.2) is 0 Å². The summed E-state index contributed by atoms with van der Waals surface area (Å²) in [6.45, 7) is 2.18. The Morgan fingerprint density at radius 2 is 2.11 bits per heavy atom. The van der Waals surface area contributed by atoms with Crippen LogP contribution in [0.5, 0.6) is 0 Å². The molecule has 54 valence electrons. The van der Waals surface area contributed by atoms with E-state index in [2.05, 4.69) is 19.6 Å². The first-order chi connectivity index (χ1) is 4.20. The van der Waals surface area contributed by atoms with E-state index in [4.69, 9.17) is 0 Å². The van der Waals surface area contributed by atoms with Gasteiger partial charge in [0.05, 0.1) is 6.10 Å². The van der Waals surface area contributed by atoms with Crippen molar-refractivity contribution in [2.24, 2.45) is 5.92 Å². The minimum Gasteiger partial charge on any atom is -0.392 e. The van der Waals surface area contributed by atoms with E-state index in [1.807, 2.05) is 0 Å². The Morgan fingerprint density at radius 1 is 1.44 bits per heavy atom. The van der Waals surface area contributed by atoms with Crippen LogP contribution in [-0.2, 0) is 0 Å². The molecule has 0 radical (unpaired) electrons. The van der Waals surface area contributed by atoms with Gasteiger partial charge in [-0.15, -0.1) is 0 Å². The van der Waals surface area contributed by atoms with Crippen LogP contribution < -0.4 is 0 Å². The zero-order valence-electron chi connectivity index (χ0n) is 5.75. The van der Waals surface area contributed by atoms with Gasteiger partial charge in [0.1, 0.15) is 0 Å². The Bertz CT molecular complexity index is 94.9. The molecule has 0 heterocycles. The second-order valence-electron chi connectivity index (χ2n) is 3.05. The van der Waals surface area contributed by atoms with Gasteiger partial charge >= 0.3 is 0 Å². The number of aliphatic hydroxyl groups is 1. The first-order valence-corrected chi connectivity index (χ1v) is 4.08. The van der Waals surface area contributed by atoms with Crippen LogP contribution in [0.3, 0.4) is 0 Å². The van der Waals surface area contributed by atoms with E-state index < -0.39 is 0 Å². The van der Waals surface area contributed by atoms with Gasteiger partial charge in [-0.1, -0.05) is 6.92 Å². The summed E-state index contributed by atoms with van der Waals surface area (Å²) in [6, 6.07) is 0. The Labute approximate surface area is 61.9 Å². The van der Waals surface area contributed by atoms with E-state index in [-0.39, 0.29) is 11.4 Å². The number of aliphatic hydroxyl groups excluding tert-OH is 1. The van der Waals surface area contributed by atoms with Crippen molar-refractivity contribution in [1.82, 2.24) is 0 Å². The maximum atomic E-state index is 9.27. The lowest BCUT2D eigenvalue weighted by atomic mass is 9.88. The van der Waals surface area contributed by atoms with Crippen molar-refractivity contribution in [1.29, 1.82) is 0 Å². The van der Waals surface area contributed by atoms with Crippen LogP contribution in [-0.4, -0.2) is 16.5 Å². The SMILES string of the molecule is C[C@@H]1CCC(S)[C@H](O)C1. The molecule has 9 heavy (non-hydrogen) atoms. The second kappa shape index (κ2) is 2.93. The number of rotatable bonds is 0. The van der Waals surface area contributed by atoms with Crippen molar-refractivity contribution >= 4 is 12.6 Å². The molecule has 0 amide bonds. The van der Waals surface area contributed by atoms with Crippen LogP contribution in [0, 0.1) is 5.92 Å². The fraction of sp³-hybridized carbons (Fsp3) is 1.00. The topological polar surface area (TPSA) is 20.2 Å². The Morgan fingerprint density at radius 3 is 2.56 bits per heavy atom. The van der Waals surface area contributed by atoms with Gasteiger partial charge in [0.25, 0.3) is 0 Å². The number of hydrogen-bond donors (Lipinski definition) is 2. The highest BCUT2D eigenvalue weighted by molar-refractivity contribution is 7.81. The van der Waals surface area contributed by atoms with Crippen LogP contribution in [0.25, 0.3) is 0 Å². The summed E-state index contributed by atoms with van der Waals surface area (Å²) in [5.74, 6) is 0.698. The van der Waals surface area contributed by atoms with Gasteiger partial charge in [0, 0.05) is 5.25 Å². The summed E-state index contributed by atoms with van der Waals surface area (Å²) in [6.07, 6.45) is 3.09. The van der Waals surface area contributed by atoms with Crippen LogP contribution in [0.2, 0.25) is 0 Å². The highest BCUT2D eigenvalue weighted by Crippen LogP contribution is 2.26. The minimum atomic E-state index is -0.155. The molecule has 1 fully saturated rings. The summed E-state index contributed by atoms with van der Waals surface area (Å²) < 4.78 is 0. The van der Waals surface area contributed by atoms with E-state index in [0.29, 0.717) is 5.92 Å². The summed E-state index contributed by atoms with van der Waals surface area (Å²) in [7, 11) is 0. The largest absolute Gasteiger partial charge is 0.392 e. The molecule has 2 heteroatoms. The van der Waals surface area contributed by atoms with Crippen LogP contribution in [0.1, 0.15) is 26.2 Å². The molecule has 0 aromatic rings. The molecular weight excluding hydrogens is 132 g/mol.